The largest absolute Gasteiger partial charge is 0.493 e. The number of rotatable bonds is 6. The molecule has 1 heterocycles. The fourth-order valence-corrected chi connectivity index (χ4v) is 2.65. The van der Waals surface area contributed by atoms with E-state index in [0.29, 0.717) is 13.1 Å². The van der Waals surface area contributed by atoms with Crippen molar-refractivity contribution in [1.29, 1.82) is 0 Å². The summed E-state index contributed by atoms with van der Waals surface area (Å²) < 4.78 is 15.2. The van der Waals surface area contributed by atoms with Crippen LogP contribution in [0.2, 0.25) is 0 Å². The molecule has 25 heavy (non-hydrogen) atoms. The van der Waals surface area contributed by atoms with E-state index in [1.54, 1.807) is 4.90 Å². The van der Waals surface area contributed by atoms with Crippen molar-refractivity contribution in [1.82, 2.24) is 4.90 Å². The summed E-state index contributed by atoms with van der Waals surface area (Å²) in [7, 11) is 2.68. The first-order valence-corrected chi connectivity index (χ1v) is 7.79. The summed E-state index contributed by atoms with van der Waals surface area (Å²) >= 11 is 0. The van der Waals surface area contributed by atoms with Crippen LogP contribution in [-0.4, -0.2) is 55.1 Å². The maximum Gasteiger partial charge on any atom is 0.346 e. The number of nitro groups is 1. The number of ether oxygens (including phenoxy) is 3. The Morgan fingerprint density at radius 1 is 1.16 bits per heavy atom. The minimum atomic E-state index is -1.03. The number of esters is 1. The number of amides is 1. The Morgan fingerprint density at radius 2 is 1.72 bits per heavy atom. The normalized spacial score (nSPS) is 14.8. The molecular formula is C16H20N2O7. The van der Waals surface area contributed by atoms with Crippen molar-refractivity contribution in [2.24, 2.45) is 0 Å². The molecule has 1 aromatic rings. The van der Waals surface area contributed by atoms with Crippen molar-refractivity contribution in [3.8, 4) is 11.5 Å². The first-order chi connectivity index (χ1) is 11.9. The third-order valence-electron chi connectivity index (χ3n) is 3.97. The van der Waals surface area contributed by atoms with E-state index in [2.05, 4.69) is 0 Å². The average molecular weight is 352 g/mol. The van der Waals surface area contributed by atoms with Crippen molar-refractivity contribution < 1.29 is 28.7 Å². The first kappa shape index (κ1) is 18.5. The number of carbonyl (C=O) groups is 2. The molecule has 9 nitrogen and oxygen atoms in total. The van der Waals surface area contributed by atoms with Crippen molar-refractivity contribution in [3.63, 3.8) is 0 Å². The maximum atomic E-state index is 12.4. The zero-order valence-corrected chi connectivity index (χ0v) is 14.3. The zero-order chi connectivity index (χ0) is 18.6. The summed E-state index contributed by atoms with van der Waals surface area (Å²) in [5.74, 6) is -1.01. The van der Waals surface area contributed by atoms with Gasteiger partial charge in [0.15, 0.2) is 17.6 Å². The lowest BCUT2D eigenvalue weighted by Crippen LogP contribution is -2.38. The van der Waals surface area contributed by atoms with Gasteiger partial charge in [0, 0.05) is 19.2 Å². The lowest BCUT2D eigenvalue weighted by molar-refractivity contribution is -0.385. The van der Waals surface area contributed by atoms with Gasteiger partial charge in [-0.1, -0.05) is 0 Å². The van der Waals surface area contributed by atoms with Gasteiger partial charge in [-0.25, -0.2) is 4.79 Å². The maximum absolute atomic E-state index is 12.4. The second kappa shape index (κ2) is 7.82. The third-order valence-corrected chi connectivity index (χ3v) is 3.97. The van der Waals surface area contributed by atoms with Crippen LogP contribution in [0.5, 0.6) is 11.5 Å². The van der Waals surface area contributed by atoms with Gasteiger partial charge in [0.1, 0.15) is 5.56 Å². The summed E-state index contributed by atoms with van der Waals surface area (Å²) in [5, 5.41) is 11.2. The van der Waals surface area contributed by atoms with Crippen LogP contribution in [0.4, 0.5) is 5.69 Å². The standard InChI is InChI=1S/C16H20N2O7/c1-10(15(19)17-6-4-5-7-17)25-16(20)11-8-13(23-2)14(24-3)9-12(11)18(21)22/h8-10H,4-7H2,1-3H3/t10-/m1/s1. The molecule has 0 aliphatic carbocycles. The molecule has 9 heteroatoms. The Hall–Kier alpha value is -2.84. The highest BCUT2D eigenvalue weighted by atomic mass is 16.6. The summed E-state index contributed by atoms with van der Waals surface area (Å²) in [6.07, 6.45) is 0.791. The van der Waals surface area contributed by atoms with Crippen LogP contribution in [-0.2, 0) is 9.53 Å². The molecule has 1 aliphatic rings. The summed E-state index contributed by atoms with van der Waals surface area (Å²) in [6, 6.07) is 2.26. The van der Waals surface area contributed by atoms with Crippen LogP contribution in [0.1, 0.15) is 30.1 Å². The number of hydrogen-bond acceptors (Lipinski definition) is 7. The minimum absolute atomic E-state index is 0.118. The summed E-state index contributed by atoms with van der Waals surface area (Å²) in [6.45, 7) is 2.69. The van der Waals surface area contributed by atoms with Gasteiger partial charge in [0.2, 0.25) is 0 Å². The molecule has 1 fully saturated rings. The molecule has 0 saturated carbocycles. The van der Waals surface area contributed by atoms with E-state index < -0.39 is 22.7 Å². The van der Waals surface area contributed by atoms with Gasteiger partial charge in [0.05, 0.1) is 25.2 Å². The molecule has 136 valence electrons. The number of nitrogens with zero attached hydrogens (tertiary/aromatic N) is 2. The highest BCUT2D eigenvalue weighted by Crippen LogP contribution is 2.35. The van der Waals surface area contributed by atoms with Gasteiger partial charge in [0.25, 0.3) is 11.6 Å². The Labute approximate surface area is 144 Å². The third kappa shape index (κ3) is 3.98. The van der Waals surface area contributed by atoms with Gasteiger partial charge in [-0.2, -0.15) is 0 Å². The minimum Gasteiger partial charge on any atom is -0.493 e. The second-order valence-electron chi connectivity index (χ2n) is 5.56. The summed E-state index contributed by atoms with van der Waals surface area (Å²) in [4.78, 5) is 36.7. The monoisotopic (exact) mass is 352 g/mol. The van der Waals surface area contributed by atoms with Crippen molar-refractivity contribution in [3.05, 3.63) is 27.8 Å². The van der Waals surface area contributed by atoms with Crippen LogP contribution in [0.15, 0.2) is 12.1 Å². The highest BCUT2D eigenvalue weighted by Gasteiger charge is 2.30. The van der Waals surface area contributed by atoms with Gasteiger partial charge in [-0.3, -0.25) is 14.9 Å². The van der Waals surface area contributed by atoms with Crippen LogP contribution < -0.4 is 9.47 Å². The number of nitro benzene ring substituents is 1. The number of benzene rings is 1. The van der Waals surface area contributed by atoms with Crippen LogP contribution in [0, 0.1) is 10.1 Å². The highest BCUT2D eigenvalue weighted by molar-refractivity contribution is 5.96. The molecule has 1 amide bonds. The van der Waals surface area contributed by atoms with Gasteiger partial charge < -0.3 is 19.1 Å². The van der Waals surface area contributed by atoms with Crippen molar-refractivity contribution in [2.75, 3.05) is 27.3 Å². The van der Waals surface area contributed by atoms with E-state index in [-0.39, 0.29) is 23.0 Å². The molecule has 0 unspecified atom stereocenters. The molecule has 0 radical (unpaired) electrons. The Morgan fingerprint density at radius 3 is 2.24 bits per heavy atom. The van der Waals surface area contributed by atoms with Crippen LogP contribution in [0.25, 0.3) is 0 Å². The number of carbonyl (C=O) groups excluding carboxylic acids is 2. The lowest BCUT2D eigenvalue weighted by Gasteiger charge is -2.20. The number of methoxy groups -OCH3 is 2. The van der Waals surface area contributed by atoms with E-state index >= 15 is 0 Å². The topological polar surface area (TPSA) is 108 Å². The Balaban J connectivity index is 2.25. The predicted octanol–water partition coefficient (Wildman–Crippen LogP) is 1.78. The number of hydrogen-bond donors (Lipinski definition) is 0. The van der Waals surface area contributed by atoms with Crippen molar-refractivity contribution >= 4 is 17.6 Å². The smallest absolute Gasteiger partial charge is 0.346 e. The molecule has 0 bridgehead atoms. The number of likely N-dealkylation sites (tertiary alicyclic amines) is 1. The molecule has 0 aromatic heterocycles. The van der Waals surface area contributed by atoms with E-state index in [9.17, 15) is 19.7 Å². The molecule has 0 spiro atoms. The van der Waals surface area contributed by atoms with Crippen LogP contribution >= 0.6 is 0 Å². The fraction of sp³-hybridized carbons (Fsp3) is 0.500. The molecule has 1 atom stereocenters. The average Bonchev–Trinajstić information content (AvgIpc) is 3.13. The molecule has 1 saturated heterocycles. The molecule has 0 N–H and O–H groups in total. The first-order valence-electron chi connectivity index (χ1n) is 7.79. The molecule has 1 aliphatic heterocycles. The van der Waals surface area contributed by atoms with E-state index in [0.717, 1.165) is 18.9 Å². The van der Waals surface area contributed by atoms with Gasteiger partial charge >= 0.3 is 5.97 Å². The quantitative estimate of drug-likeness (QED) is 0.436. The summed E-state index contributed by atoms with van der Waals surface area (Å²) in [5.41, 5.74) is -0.785. The van der Waals surface area contributed by atoms with Crippen LogP contribution in [0.3, 0.4) is 0 Å². The zero-order valence-electron chi connectivity index (χ0n) is 14.3. The van der Waals surface area contributed by atoms with E-state index in [4.69, 9.17) is 14.2 Å². The Kier molecular flexibility index (Phi) is 5.79. The van der Waals surface area contributed by atoms with Crippen molar-refractivity contribution in [2.45, 2.75) is 25.9 Å². The van der Waals surface area contributed by atoms with E-state index in [1.807, 2.05) is 0 Å². The lowest BCUT2D eigenvalue weighted by atomic mass is 10.1. The SMILES string of the molecule is COc1cc(C(=O)O[C@H](C)C(=O)N2CCCC2)c([N+](=O)[O-])cc1OC. The second-order valence-corrected chi connectivity index (χ2v) is 5.56. The van der Waals surface area contributed by atoms with Gasteiger partial charge in [-0.15, -0.1) is 0 Å². The van der Waals surface area contributed by atoms with Gasteiger partial charge in [-0.05, 0) is 19.8 Å². The Bertz CT molecular complexity index is 683. The molecule has 2 rings (SSSR count). The predicted molar refractivity (Wildman–Crippen MR) is 86.9 cm³/mol. The fourth-order valence-electron chi connectivity index (χ4n) is 2.65. The van der Waals surface area contributed by atoms with E-state index in [1.165, 1.54) is 27.2 Å². The molecule has 1 aromatic carbocycles. The molecular weight excluding hydrogens is 332 g/mol.